The van der Waals surface area contributed by atoms with Crippen molar-refractivity contribution >= 4 is 45.0 Å². The molecule has 3 aromatic rings. The van der Waals surface area contributed by atoms with Crippen LogP contribution in [0.5, 0.6) is 11.5 Å². The first-order valence-electron chi connectivity index (χ1n) is 10.6. The first-order chi connectivity index (χ1) is 14.9. The molecule has 0 spiro atoms. The molecule has 174 valence electrons. The fraction of sp³-hybridized carbons (Fsp3) is 0.417. The number of carbonyl (C=O) groups excluding carboxylic acids is 1. The molecule has 0 aliphatic rings. The number of methoxy groups -OCH3 is 2. The largest absolute Gasteiger partial charge is 0.493 e. The Morgan fingerprint density at radius 3 is 2.31 bits per heavy atom. The van der Waals surface area contributed by atoms with Gasteiger partial charge in [-0.2, -0.15) is 0 Å². The van der Waals surface area contributed by atoms with Crippen LogP contribution >= 0.6 is 23.7 Å². The highest BCUT2D eigenvalue weighted by Crippen LogP contribution is 2.33. The molecule has 0 aliphatic carbocycles. The monoisotopic (exact) mass is 477 g/mol. The maximum atomic E-state index is 13.6. The average Bonchev–Trinajstić information content (AvgIpc) is 3.19. The molecule has 1 heterocycles. The van der Waals surface area contributed by atoms with E-state index in [0.717, 1.165) is 40.5 Å². The van der Waals surface area contributed by atoms with Crippen LogP contribution < -0.4 is 14.4 Å². The summed E-state index contributed by atoms with van der Waals surface area (Å²) >= 11 is 1.56. The summed E-state index contributed by atoms with van der Waals surface area (Å²) in [5.74, 6) is 1.04. The Morgan fingerprint density at radius 2 is 1.69 bits per heavy atom. The molecule has 0 fully saturated rings. The minimum absolute atomic E-state index is 0. The SMILES string of the molecule is CCN(CC)CCN(C(=O)c1ccc(OC)c(OC)c1)c1nc2c(C)cc(C)cc2s1.Cl. The lowest BCUT2D eigenvalue weighted by Gasteiger charge is -2.25. The van der Waals surface area contributed by atoms with Gasteiger partial charge in [0, 0.05) is 18.7 Å². The molecule has 0 unspecified atom stereocenters. The summed E-state index contributed by atoms with van der Waals surface area (Å²) in [7, 11) is 3.16. The van der Waals surface area contributed by atoms with Crippen LogP contribution in [0.25, 0.3) is 10.2 Å². The average molecular weight is 478 g/mol. The smallest absolute Gasteiger partial charge is 0.260 e. The van der Waals surface area contributed by atoms with Crippen LogP contribution in [0.4, 0.5) is 5.13 Å². The van der Waals surface area contributed by atoms with Crippen molar-refractivity contribution in [2.24, 2.45) is 0 Å². The predicted molar refractivity (Wildman–Crippen MR) is 135 cm³/mol. The number of ether oxygens (including phenoxy) is 2. The summed E-state index contributed by atoms with van der Waals surface area (Å²) < 4.78 is 11.8. The fourth-order valence-electron chi connectivity index (χ4n) is 3.66. The summed E-state index contributed by atoms with van der Waals surface area (Å²) in [4.78, 5) is 22.6. The molecule has 1 aromatic heterocycles. The second kappa shape index (κ2) is 11.5. The Hall–Kier alpha value is -2.35. The van der Waals surface area contributed by atoms with E-state index in [2.05, 4.69) is 44.7 Å². The molecular weight excluding hydrogens is 446 g/mol. The molecule has 8 heteroatoms. The van der Waals surface area contributed by atoms with Gasteiger partial charge in [-0.25, -0.2) is 4.98 Å². The van der Waals surface area contributed by atoms with Crippen LogP contribution in [-0.2, 0) is 0 Å². The number of anilines is 1. The molecular formula is C24H32ClN3O3S. The van der Waals surface area contributed by atoms with Gasteiger partial charge in [-0.1, -0.05) is 31.3 Å². The maximum absolute atomic E-state index is 13.6. The van der Waals surface area contributed by atoms with Gasteiger partial charge in [0.25, 0.3) is 5.91 Å². The van der Waals surface area contributed by atoms with Crippen LogP contribution in [0, 0.1) is 13.8 Å². The zero-order valence-corrected chi connectivity index (χ0v) is 21.2. The number of thiazole rings is 1. The van der Waals surface area contributed by atoms with E-state index in [4.69, 9.17) is 14.5 Å². The van der Waals surface area contributed by atoms with Crippen molar-refractivity contribution in [3.8, 4) is 11.5 Å². The number of likely N-dealkylation sites (N-methyl/N-ethyl adjacent to an activating group) is 1. The highest BCUT2D eigenvalue weighted by atomic mass is 35.5. The van der Waals surface area contributed by atoms with E-state index in [9.17, 15) is 4.79 Å². The van der Waals surface area contributed by atoms with Gasteiger partial charge < -0.3 is 14.4 Å². The molecule has 0 bridgehead atoms. The van der Waals surface area contributed by atoms with Gasteiger partial charge in [-0.05, 0) is 62.3 Å². The first kappa shape index (κ1) is 25.9. The Balaban J connectivity index is 0.00000363. The van der Waals surface area contributed by atoms with Gasteiger partial charge in [-0.3, -0.25) is 9.69 Å². The van der Waals surface area contributed by atoms with Gasteiger partial charge in [0.15, 0.2) is 16.6 Å². The molecule has 0 saturated carbocycles. The normalized spacial score (nSPS) is 10.8. The predicted octanol–water partition coefficient (Wildman–Crippen LogP) is 5.34. The zero-order valence-electron chi connectivity index (χ0n) is 19.6. The van der Waals surface area contributed by atoms with Crippen molar-refractivity contribution < 1.29 is 14.3 Å². The van der Waals surface area contributed by atoms with E-state index < -0.39 is 0 Å². The number of rotatable bonds is 9. The minimum atomic E-state index is -0.0958. The highest BCUT2D eigenvalue weighted by Gasteiger charge is 2.23. The number of benzene rings is 2. The number of halogens is 1. The number of amides is 1. The zero-order chi connectivity index (χ0) is 22.5. The van der Waals surface area contributed by atoms with Gasteiger partial charge in [0.1, 0.15) is 0 Å². The van der Waals surface area contributed by atoms with Crippen LogP contribution in [0.3, 0.4) is 0 Å². The summed E-state index contributed by atoms with van der Waals surface area (Å²) in [6.45, 7) is 11.6. The molecule has 2 aromatic carbocycles. The summed E-state index contributed by atoms with van der Waals surface area (Å²) in [6.07, 6.45) is 0. The number of carbonyl (C=O) groups is 1. The van der Waals surface area contributed by atoms with Crippen molar-refractivity contribution in [2.45, 2.75) is 27.7 Å². The number of fused-ring (bicyclic) bond motifs is 1. The molecule has 1 amide bonds. The van der Waals surface area contributed by atoms with Crippen LogP contribution in [0.15, 0.2) is 30.3 Å². The molecule has 0 atom stereocenters. The van der Waals surface area contributed by atoms with E-state index in [0.29, 0.717) is 23.6 Å². The van der Waals surface area contributed by atoms with Crippen molar-refractivity contribution in [3.63, 3.8) is 0 Å². The Morgan fingerprint density at radius 1 is 1.00 bits per heavy atom. The second-order valence-corrected chi connectivity index (χ2v) is 8.49. The first-order valence-corrected chi connectivity index (χ1v) is 11.4. The molecule has 32 heavy (non-hydrogen) atoms. The number of hydrogen-bond donors (Lipinski definition) is 0. The molecule has 0 aliphatic heterocycles. The fourth-order valence-corrected chi connectivity index (χ4v) is 4.83. The van der Waals surface area contributed by atoms with Crippen LogP contribution in [0.1, 0.15) is 35.3 Å². The summed E-state index contributed by atoms with van der Waals surface area (Å²) in [5.41, 5.74) is 3.82. The van der Waals surface area contributed by atoms with Gasteiger partial charge >= 0.3 is 0 Å². The van der Waals surface area contributed by atoms with Crippen molar-refractivity contribution in [1.82, 2.24) is 9.88 Å². The van der Waals surface area contributed by atoms with Gasteiger partial charge in [0.2, 0.25) is 0 Å². The highest BCUT2D eigenvalue weighted by molar-refractivity contribution is 7.22. The Kier molecular flexibility index (Phi) is 9.31. The number of nitrogens with zero attached hydrogens (tertiary/aromatic N) is 3. The summed E-state index contributed by atoms with van der Waals surface area (Å²) in [5, 5.41) is 0.718. The molecule has 6 nitrogen and oxygen atoms in total. The number of hydrogen-bond acceptors (Lipinski definition) is 6. The van der Waals surface area contributed by atoms with E-state index in [1.54, 1.807) is 48.7 Å². The topological polar surface area (TPSA) is 54.9 Å². The molecule has 0 saturated heterocycles. The van der Waals surface area contributed by atoms with Crippen molar-refractivity contribution in [3.05, 3.63) is 47.0 Å². The van der Waals surface area contributed by atoms with E-state index >= 15 is 0 Å². The molecule has 0 radical (unpaired) electrons. The van der Waals surface area contributed by atoms with Crippen LogP contribution in [-0.4, -0.2) is 56.2 Å². The third-order valence-corrected chi connectivity index (χ3v) is 6.48. The van der Waals surface area contributed by atoms with Crippen LogP contribution in [0.2, 0.25) is 0 Å². The lowest BCUT2D eigenvalue weighted by Crippen LogP contribution is -2.38. The van der Waals surface area contributed by atoms with Gasteiger partial charge in [0.05, 0.1) is 24.4 Å². The number of aromatic nitrogens is 1. The van der Waals surface area contributed by atoms with E-state index in [-0.39, 0.29) is 18.3 Å². The van der Waals surface area contributed by atoms with Gasteiger partial charge in [-0.15, -0.1) is 12.4 Å². The third kappa shape index (κ3) is 5.52. The van der Waals surface area contributed by atoms with Crippen molar-refractivity contribution in [1.29, 1.82) is 0 Å². The Bertz CT molecular complexity index is 1070. The van der Waals surface area contributed by atoms with E-state index in [1.807, 2.05) is 0 Å². The number of aryl methyl sites for hydroxylation is 2. The lowest BCUT2D eigenvalue weighted by atomic mass is 10.1. The third-order valence-electron chi connectivity index (χ3n) is 5.46. The molecule has 3 rings (SSSR count). The van der Waals surface area contributed by atoms with Crippen molar-refractivity contribution in [2.75, 3.05) is 45.3 Å². The standard InChI is InChI=1S/C24H31N3O3S.ClH/c1-7-26(8-2)11-12-27(23(28)18-9-10-19(29-5)20(15-18)30-6)24-25-22-17(4)13-16(3)14-21(22)31-24;/h9-10,13-15H,7-8,11-12H2,1-6H3;1H. The lowest BCUT2D eigenvalue weighted by molar-refractivity contribution is 0.0983. The summed E-state index contributed by atoms with van der Waals surface area (Å²) in [6, 6.07) is 9.53. The second-order valence-electron chi connectivity index (χ2n) is 7.48. The quantitative estimate of drug-likeness (QED) is 0.416. The molecule has 0 N–H and O–H groups in total. The minimum Gasteiger partial charge on any atom is -0.493 e. The maximum Gasteiger partial charge on any atom is 0.260 e. The Labute approximate surface area is 200 Å². The van der Waals surface area contributed by atoms with E-state index in [1.165, 1.54) is 5.56 Å².